The minimum absolute atomic E-state index is 0.00937. The van der Waals surface area contributed by atoms with Gasteiger partial charge >= 0.3 is 6.18 Å². The molecule has 8 heteroatoms. The van der Waals surface area contributed by atoms with E-state index in [1.165, 1.54) is 11.6 Å². The molecule has 5 atom stereocenters. The lowest BCUT2D eigenvalue weighted by Gasteiger charge is -2.41. The number of hydrogen-bond donors (Lipinski definition) is 0. The number of benzene rings is 2. The highest BCUT2D eigenvalue weighted by Crippen LogP contribution is 2.57. The molecular formula is C33H37F3N4O. The van der Waals surface area contributed by atoms with Gasteiger partial charge in [0.1, 0.15) is 6.07 Å². The van der Waals surface area contributed by atoms with Crippen LogP contribution in [-0.4, -0.2) is 60.0 Å². The summed E-state index contributed by atoms with van der Waals surface area (Å²) >= 11 is 0. The molecule has 2 bridgehead atoms. The lowest BCUT2D eigenvalue weighted by Crippen LogP contribution is -2.54. The smallest absolute Gasteiger partial charge is 0.364 e. The van der Waals surface area contributed by atoms with E-state index in [-0.39, 0.29) is 23.1 Å². The monoisotopic (exact) mass is 562 g/mol. The van der Waals surface area contributed by atoms with Crippen LogP contribution in [0.4, 0.5) is 18.9 Å². The van der Waals surface area contributed by atoms with E-state index in [1.54, 1.807) is 0 Å². The van der Waals surface area contributed by atoms with Gasteiger partial charge in [-0.25, -0.2) is 0 Å². The van der Waals surface area contributed by atoms with Crippen LogP contribution in [0.5, 0.6) is 0 Å². The van der Waals surface area contributed by atoms with Gasteiger partial charge in [0.05, 0.1) is 28.3 Å². The Hall–Kier alpha value is -3.05. The third kappa shape index (κ3) is 4.52. The second-order valence-corrected chi connectivity index (χ2v) is 13.1. The van der Waals surface area contributed by atoms with Gasteiger partial charge in [-0.1, -0.05) is 36.8 Å². The van der Waals surface area contributed by atoms with Gasteiger partial charge in [-0.2, -0.15) is 18.4 Å². The molecule has 2 aromatic rings. The van der Waals surface area contributed by atoms with Crippen molar-refractivity contribution in [3.8, 4) is 6.07 Å². The van der Waals surface area contributed by atoms with E-state index in [4.69, 9.17) is 0 Å². The molecule has 7 rings (SSSR count). The molecule has 1 amide bonds. The Morgan fingerprint density at radius 1 is 0.951 bits per heavy atom. The van der Waals surface area contributed by atoms with Gasteiger partial charge in [-0.05, 0) is 93.6 Å². The van der Waals surface area contributed by atoms with E-state index >= 15 is 0 Å². The number of piperidine rings is 1. The Morgan fingerprint density at radius 2 is 1.73 bits per heavy atom. The van der Waals surface area contributed by atoms with E-state index < -0.39 is 11.7 Å². The number of halogens is 3. The normalized spacial score (nSPS) is 32.0. The standard InChI is InChI=1S/C33H37F3N4O/c34-33(35,36)26-9-8-24(19-37)30(16-26)39-20-29-17-28(39)21-40(29)31(41)32-12-4-7-25(32)15-27(18-32)38-13-10-23(11-14-38)22-5-2-1-3-6-22/h1-3,5-6,8-9,16,23,25,27-29H,4,7,10-15,17-18,20-21H2/t25-,27-,28+,29+,32-/m1/s1. The first kappa shape index (κ1) is 26.8. The van der Waals surface area contributed by atoms with Crippen molar-refractivity contribution in [2.45, 2.75) is 81.6 Å². The van der Waals surface area contributed by atoms with Crippen molar-refractivity contribution in [3.05, 3.63) is 65.2 Å². The maximum Gasteiger partial charge on any atom is 0.416 e. The van der Waals surface area contributed by atoms with Crippen LogP contribution >= 0.6 is 0 Å². The molecule has 0 N–H and O–H groups in total. The SMILES string of the molecule is N#Cc1ccc(C(F)(F)F)cc1N1C[C@@H]2C[C@H]1CN2C(=O)[C@@]12CCC[C@@H]1C[C@@H](N1CCC(c3ccccc3)CC1)C2. The van der Waals surface area contributed by atoms with Gasteiger partial charge < -0.3 is 14.7 Å². The molecule has 216 valence electrons. The van der Waals surface area contributed by atoms with Crippen molar-refractivity contribution in [2.24, 2.45) is 11.3 Å². The molecule has 0 unspecified atom stereocenters. The van der Waals surface area contributed by atoms with Crippen molar-refractivity contribution in [3.63, 3.8) is 0 Å². The third-order valence-corrected chi connectivity index (χ3v) is 11.1. The number of nitrogens with zero attached hydrogens (tertiary/aromatic N) is 4. The van der Waals surface area contributed by atoms with Gasteiger partial charge in [0.25, 0.3) is 0 Å². The third-order valence-electron chi connectivity index (χ3n) is 11.1. The zero-order valence-corrected chi connectivity index (χ0v) is 23.3. The number of amides is 1. The van der Waals surface area contributed by atoms with Gasteiger partial charge in [0, 0.05) is 25.2 Å². The highest BCUT2D eigenvalue weighted by atomic mass is 19.4. The second kappa shape index (κ2) is 10.0. The van der Waals surface area contributed by atoms with Crippen molar-refractivity contribution >= 4 is 11.6 Å². The average molecular weight is 563 g/mol. The van der Waals surface area contributed by atoms with E-state index in [0.29, 0.717) is 42.6 Å². The van der Waals surface area contributed by atoms with E-state index in [2.05, 4.69) is 46.2 Å². The van der Waals surface area contributed by atoms with Gasteiger partial charge in [0.2, 0.25) is 5.91 Å². The van der Waals surface area contributed by atoms with Crippen LogP contribution in [0.15, 0.2) is 48.5 Å². The lowest BCUT2D eigenvalue weighted by molar-refractivity contribution is -0.144. The van der Waals surface area contributed by atoms with Crippen molar-refractivity contribution in [1.82, 2.24) is 9.80 Å². The predicted octanol–water partition coefficient (Wildman–Crippen LogP) is 6.20. The zero-order valence-electron chi connectivity index (χ0n) is 23.3. The molecule has 3 heterocycles. The Labute approximate surface area is 239 Å². The van der Waals surface area contributed by atoms with Crippen LogP contribution in [0.2, 0.25) is 0 Å². The fourth-order valence-corrected chi connectivity index (χ4v) is 9.10. The molecule has 5 nitrogen and oxygen atoms in total. The fraction of sp³-hybridized carbons (Fsp3) is 0.576. The summed E-state index contributed by atoms with van der Waals surface area (Å²) in [4.78, 5) is 21.0. The molecule has 0 aromatic heterocycles. The first-order valence-corrected chi connectivity index (χ1v) is 15.2. The summed E-state index contributed by atoms with van der Waals surface area (Å²) in [5.41, 5.74) is 1.02. The number of piperazine rings is 1. The number of hydrogen-bond acceptors (Lipinski definition) is 4. The van der Waals surface area contributed by atoms with Crippen molar-refractivity contribution in [2.75, 3.05) is 31.1 Å². The number of carbonyl (C=O) groups excluding carboxylic acids is 1. The summed E-state index contributed by atoms with van der Waals surface area (Å²) in [6, 6.07) is 16.6. The highest BCUT2D eigenvalue weighted by Gasteiger charge is 2.59. The maximum absolute atomic E-state index is 14.3. The number of nitriles is 1. The summed E-state index contributed by atoms with van der Waals surface area (Å²) in [7, 11) is 0. The Morgan fingerprint density at radius 3 is 2.41 bits per heavy atom. The lowest BCUT2D eigenvalue weighted by atomic mass is 9.78. The number of rotatable bonds is 4. The number of likely N-dealkylation sites (tertiary alicyclic amines) is 2. The number of fused-ring (bicyclic) bond motifs is 3. The molecule has 0 spiro atoms. The largest absolute Gasteiger partial charge is 0.416 e. The molecule has 0 radical (unpaired) electrons. The average Bonchev–Trinajstić information content (AvgIpc) is 3.77. The summed E-state index contributed by atoms with van der Waals surface area (Å²) in [5, 5.41) is 9.61. The van der Waals surface area contributed by atoms with Crippen LogP contribution < -0.4 is 4.90 Å². The molecular weight excluding hydrogens is 525 g/mol. The summed E-state index contributed by atoms with van der Waals surface area (Å²) in [6.07, 6.45) is 3.84. The van der Waals surface area contributed by atoms with Crippen LogP contribution in [0.25, 0.3) is 0 Å². The van der Waals surface area contributed by atoms with Crippen molar-refractivity contribution < 1.29 is 18.0 Å². The summed E-state index contributed by atoms with van der Waals surface area (Å²) < 4.78 is 40.3. The van der Waals surface area contributed by atoms with Gasteiger partial charge in [0.15, 0.2) is 0 Å². The van der Waals surface area contributed by atoms with Gasteiger partial charge in [-0.15, -0.1) is 0 Å². The van der Waals surface area contributed by atoms with E-state index in [9.17, 15) is 23.2 Å². The molecule has 3 saturated heterocycles. The van der Waals surface area contributed by atoms with Crippen LogP contribution in [-0.2, 0) is 11.0 Å². The molecule has 2 aliphatic carbocycles. The zero-order chi connectivity index (χ0) is 28.4. The van der Waals surface area contributed by atoms with Crippen LogP contribution in [0.1, 0.15) is 74.0 Å². The first-order valence-electron chi connectivity index (χ1n) is 15.2. The molecule has 41 heavy (non-hydrogen) atoms. The summed E-state index contributed by atoms with van der Waals surface area (Å²) in [6.45, 7) is 3.20. The molecule has 5 fully saturated rings. The quantitative estimate of drug-likeness (QED) is 0.446. The highest BCUT2D eigenvalue weighted by molar-refractivity contribution is 5.85. The minimum Gasteiger partial charge on any atom is -0.364 e. The Kier molecular flexibility index (Phi) is 6.57. The number of alkyl halides is 3. The molecule has 2 aromatic carbocycles. The van der Waals surface area contributed by atoms with Gasteiger partial charge in [-0.3, -0.25) is 4.79 Å². The molecule has 3 aliphatic heterocycles. The molecule has 5 aliphatic rings. The number of anilines is 1. The van der Waals surface area contributed by atoms with E-state index in [0.717, 1.165) is 76.6 Å². The van der Waals surface area contributed by atoms with E-state index in [1.807, 2.05) is 4.90 Å². The van der Waals surface area contributed by atoms with Crippen molar-refractivity contribution in [1.29, 1.82) is 5.26 Å². The van der Waals surface area contributed by atoms with Crippen LogP contribution in [0.3, 0.4) is 0 Å². The predicted molar refractivity (Wildman–Crippen MR) is 150 cm³/mol. The second-order valence-electron chi connectivity index (χ2n) is 13.1. The minimum atomic E-state index is -4.46. The Balaban J connectivity index is 1.03. The summed E-state index contributed by atoms with van der Waals surface area (Å²) in [5.74, 6) is 1.33. The first-order chi connectivity index (χ1) is 19.8. The fourth-order valence-electron chi connectivity index (χ4n) is 9.10. The molecule has 2 saturated carbocycles. The van der Waals surface area contributed by atoms with Crippen LogP contribution in [0, 0.1) is 22.7 Å². The maximum atomic E-state index is 14.3. The Bertz CT molecular complexity index is 1350. The topological polar surface area (TPSA) is 50.6 Å². The number of carbonyl (C=O) groups is 1.